The van der Waals surface area contributed by atoms with E-state index in [4.69, 9.17) is 49.8 Å². The molecule has 124 heavy (non-hydrogen) atoms. The van der Waals surface area contributed by atoms with Gasteiger partial charge in [-0.2, -0.15) is 0 Å². The molecular weight excluding hydrogens is 1510 g/mol. The highest BCUT2D eigenvalue weighted by Gasteiger charge is 2.22. The van der Waals surface area contributed by atoms with Gasteiger partial charge in [0.05, 0.1) is 22.8 Å². The zero-order valence-electron chi connectivity index (χ0n) is 67.0. The number of benzene rings is 18. The van der Waals surface area contributed by atoms with Crippen molar-refractivity contribution in [3.05, 3.63) is 437 Å². The first-order valence-corrected chi connectivity index (χ1v) is 41.5. The van der Waals surface area contributed by atoms with Gasteiger partial charge in [0.2, 0.25) is 0 Å². The molecule has 4 aromatic heterocycles. The lowest BCUT2D eigenvalue weighted by Crippen LogP contribution is -2.01. The first-order chi connectivity index (χ1) is 61.3. The fourth-order valence-corrected chi connectivity index (χ4v) is 16.8. The molecule has 18 aromatic carbocycles. The van der Waals surface area contributed by atoms with Gasteiger partial charge in [-0.3, -0.25) is 0 Å². The zero-order chi connectivity index (χ0) is 82.2. The van der Waals surface area contributed by atoms with E-state index in [-0.39, 0.29) is 0 Å². The van der Waals surface area contributed by atoms with Gasteiger partial charge in [0.1, 0.15) is 0 Å². The minimum absolute atomic E-state index is 0.550. The number of fused-ring (bicyclic) bond motifs is 4. The Morgan fingerprint density at radius 3 is 0.823 bits per heavy atom. The average molecular weight is 1580 g/mol. The van der Waals surface area contributed by atoms with E-state index in [1.165, 1.54) is 0 Å². The van der Waals surface area contributed by atoms with Crippen LogP contribution in [0, 0.1) is 0 Å². The molecule has 22 aromatic rings. The molecule has 0 N–H and O–H groups in total. The summed E-state index contributed by atoms with van der Waals surface area (Å²) in [4.78, 5) is 53.2. The smallest absolute Gasteiger partial charge is 0.164 e. The predicted octanol–water partition coefficient (Wildman–Crippen LogP) is 28.6. The van der Waals surface area contributed by atoms with Crippen LogP contribution < -0.4 is 0 Å². The third-order valence-corrected chi connectivity index (χ3v) is 23.2. The molecule has 578 valence electrons. The molecule has 0 unspecified atom stereocenters. The van der Waals surface area contributed by atoms with Crippen LogP contribution in [0.2, 0.25) is 0 Å². The van der Waals surface area contributed by atoms with Crippen molar-refractivity contribution in [3.63, 3.8) is 0 Å². The molecule has 22 rings (SSSR count). The van der Waals surface area contributed by atoms with Gasteiger partial charge in [0, 0.05) is 66.8 Å². The maximum absolute atomic E-state index is 5.46. The normalized spacial score (nSPS) is 11.4. The summed E-state index contributed by atoms with van der Waals surface area (Å²) in [5.74, 6) is 4.71. The van der Waals surface area contributed by atoms with Crippen molar-refractivity contribution >= 4 is 43.1 Å². The summed E-state index contributed by atoms with van der Waals surface area (Å²) in [6, 6.07) is 152. The Balaban J connectivity index is 0.601. The highest BCUT2D eigenvalue weighted by Crippen LogP contribution is 2.42. The summed E-state index contributed by atoms with van der Waals surface area (Å²) in [5.41, 5.74) is 24.9. The topological polar surface area (TPSA) is 129 Å². The number of hydrogen-bond donors (Lipinski definition) is 0. The van der Waals surface area contributed by atoms with Gasteiger partial charge < -0.3 is 0 Å². The first-order valence-electron chi connectivity index (χ1n) is 41.5. The van der Waals surface area contributed by atoms with Gasteiger partial charge >= 0.3 is 0 Å². The molecule has 0 atom stereocenters. The Morgan fingerprint density at radius 2 is 0.355 bits per heavy atom. The maximum Gasteiger partial charge on any atom is 0.164 e. The third kappa shape index (κ3) is 14.8. The van der Waals surface area contributed by atoms with E-state index in [1.54, 1.807) is 0 Å². The highest BCUT2D eigenvalue weighted by molar-refractivity contribution is 6.05. The molecule has 0 spiro atoms. The SMILES string of the molecule is c1ccc(-c2ccc(-c3cc(-c4cccc(-c5cccc(-c6nc(-c7ccc8ccccc8c7)nc(-c7ccc8ccccc8c7)n6)c5)c4)nc(-c4ccc(-c5cccc6c(-c7nc(-c8cccc(-c9cccc(-c%10cc(-c%11ccc(-c%12ccccc%12)cc%11)nc(-c%11ccccc%11)n%10)c9)c8)nc(-c8cccc9ccccc89)n7)cccc56)cc4)n3)cc2)cc1. The van der Waals surface area contributed by atoms with Crippen LogP contribution in [-0.2, 0) is 0 Å². The molecule has 0 aliphatic carbocycles. The van der Waals surface area contributed by atoms with Gasteiger partial charge in [0.25, 0.3) is 0 Å². The molecule has 0 radical (unpaired) electrons. The number of aromatic nitrogens is 10. The third-order valence-electron chi connectivity index (χ3n) is 23.2. The monoisotopic (exact) mass is 1580 g/mol. The van der Waals surface area contributed by atoms with Gasteiger partial charge in [-0.05, 0) is 147 Å². The van der Waals surface area contributed by atoms with E-state index < -0.39 is 0 Å². The first kappa shape index (κ1) is 73.5. The highest BCUT2D eigenvalue weighted by atomic mass is 15.0. The Labute approximate surface area is 716 Å². The van der Waals surface area contributed by atoms with Crippen LogP contribution in [0.15, 0.2) is 437 Å². The Kier molecular flexibility index (Phi) is 19.1. The number of nitrogens with zero attached hydrogens (tertiary/aromatic N) is 10. The minimum Gasteiger partial charge on any atom is -0.228 e. The van der Waals surface area contributed by atoms with Crippen LogP contribution in [0.4, 0.5) is 0 Å². The summed E-state index contributed by atoms with van der Waals surface area (Å²) in [5, 5.41) is 8.71. The van der Waals surface area contributed by atoms with Gasteiger partial charge in [-0.15, -0.1) is 0 Å². The van der Waals surface area contributed by atoms with E-state index in [9.17, 15) is 0 Å². The second kappa shape index (κ2) is 32.1. The molecule has 0 saturated heterocycles. The molecule has 10 nitrogen and oxygen atoms in total. The van der Waals surface area contributed by atoms with Crippen LogP contribution in [0.3, 0.4) is 0 Å². The van der Waals surface area contributed by atoms with Crippen LogP contribution in [0.5, 0.6) is 0 Å². The van der Waals surface area contributed by atoms with Crippen LogP contribution in [0.25, 0.3) is 235 Å². The number of hydrogen-bond acceptors (Lipinski definition) is 10. The fourth-order valence-electron chi connectivity index (χ4n) is 16.8. The molecule has 0 aliphatic rings. The average Bonchev–Trinajstić information content (AvgIpc) is 0.756. The molecule has 0 aliphatic heterocycles. The summed E-state index contributed by atoms with van der Waals surface area (Å²) >= 11 is 0. The number of rotatable bonds is 17. The van der Waals surface area contributed by atoms with Crippen LogP contribution >= 0.6 is 0 Å². The largest absolute Gasteiger partial charge is 0.228 e. The standard InChI is InChI=1S/C114H72N10/c1-4-23-73(24-5-1)77-49-57-81(58-50-77)103-71-105(117-107(115-103)83-30-8-3-9-31-83)91-39-16-36-88(65-91)90-38-19-42-94(70-90)110-122-113(101-47-20-34-79-29-14-15-43-98(79)101)124-114(123-110)102-48-22-45-99-97(44-21-46-100(99)102)80-55-61-84(62-56-80)108-116-104(82-59-51-78(52-60-82)74-25-6-2-7-26-74)72-106(118-108)92-40-17-35-87(66-92)89-37-18-41-93(69-89)109-119-111(95-63-53-75-27-10-12-32-85(75)67-95)121-112(120-109)96-64-54-76-28-11-13-33-86(76)68-96/h1-72H. The maximum atomic E-state index is 5.46. The predicted molar refractivity (Wildman–Crippen MR) is 507 cm³/mol. The summed E-state index contributed by atoms with van der Waals surface area (Å²) in [6.45, 7) is 0. The van der Waals surface area contributed by atoms with Crippen LogP contribution in [0.1, 0.15) is 0 Å². The lowest BCUT2D eigenvalue weighted by molar-refractivity contribution is 1.08. The van der Waals surface area contributed by atoms with Crippen LogP contribution in [-0.4, -0.2) is 49.8 Å². The second-order valence-corrected chi connectivity index (χ2v) is 31.0. The molecular formula is C114H72N10. The van der Waals surface area contributed by atoms with E-state index in [0.29, 0.717) is 46.6 Å². The van der Waals surface area contributed by atoms with Crippen molar-refractivity contribution in [3.8, 4) is 192 Å². The van der Waals surface area contributed by atoms with E-state index in [0.717, 1.165) is 188 Å². The summed E-state index contributed by atoms with van der Waals surface area (Å²) in [7, 11) is 0. The van der Waals surface area contributed by atoms with Gasteiger partial charge in [-0.25, -0.2) is 49.8 Å². The summed E-state index contributed by atoms with van der Waals surface area (Å²) < 4.78 is 0. The van der Waals surface area contributed by atoms with Gasteiger partial charge in [0.15, 0.2) is 46.6 Å². The summed E-state index contributed by atoms with van der Waals surface area (Å²) in [6.07, 6.45) is 0. The van der Waals surface area contributed by atoms with Crippen molar-refractivity contribution in [2.24, 2.45) is 0 Å². The molecule has 0 amide bonds. The molecule has 0 saturated carbocycles. The van der Waals surface area contributed by atoms with Crippen molar-refractivity contribution < 1.29 is 0 Å². The van der Waals surface area contributed by atoms with Gasteiger partial charge in [-0.1, -0.05) is 388 Å². The van der Waals surface area contributed by atoms with Crippen molar-refractivity contribution in [1.82, 2.24) is 49.8 Å². The molecule has 4 heterocycles. The quantitative estimate of drug-likeness (QED) is 0.0869. The van der Waals surface area contributed by atoms with E-state index in [1.807, 2.05) is 30.3 Å². The molecule has 0 fully saturated rings. The zero-order valence-corrected chi connectivity index (χ0v) is 67.0. The Hall–Kier alpha value is -16.8. The van der Waals surface area contributed by atoms with E-state index >= 15 is 0 Å². The lowest BCUT2D eigenvalue weighted by atomic mass is 9.94. The Bertz CT molecular complexity index is 7730. The Morgan fingerprint density at radius 1 is 0.105 bits per heavy atom. The van der Waals surface area contributed by atoms with Crippen molar-refractivity contribution in [2.45, 2.75) is 0 Å². The molecule has 10 heteroatoms. The van der Waals surface area contributed by atoms with Crippen molar-refractivity contribution in [1.29, 1.82) is 0 Å². The minimum atomic E-state index is 0.550. The fraction of sp³-hybridized carbons (Fsp3) is 0. The van der Waals surface area contributed by atoms with Crippen molar-refractivity contribution in [2.75, 3.05) is 0 Å². The second-order valence-electron chi connectivity index (χ2n) is 31.0. The lowest BCUT2D eigenvalue weighted by Gasteiger charge is -2.14. The van der Waals surface area contributed by atoms with E-state index in [2.05, 4.69) is 406 Å². The molecule has 0 bridgehead atoms.